The fourth-order valence-electron chi connectivity index (χ4n) is 3.08. The Labute approximate surface area is 182 Å². The number of nitrogens with two attached hydrogens (primary N) is 1. The van der Waals surface area contributed by atoms with Gasteiger partial charge < -0.3 is 10.5 Å². The number of nitrogens with zero attached hydrogens (tertiary/aromatic N) is 5. The number of hydrogen-bond donors (Lipinski definition) is 1. The summed E-state index contributed by atoms with van der Waals surface area (Å²) in [7, 11) is 0. The molecule has 0 amide bonds. The van der Waals surface area contributed by atoms with E-state index in [4.69, 9.17) is 10.5 Å². The quantitative estimate of drug-likeness (QED) is 0.645. The Morgan fingerprint density at radius 2 is 1.86 bits per heavy atom. The van der Waals surface area contributed by atoms with Gasteiger partial charge in [-0.05, 0) is 44.0 Å². The summed E-state index contributed by atoms with van der Waals surface area (Å²) in [5, 5.41) is 8.83. The standard InChI is InChI=1S/C18H20N6O.3ClH/c1-2-25-14-6-7-15(21-11-14)18-23-22-17(12-9-13(19)10-12)24(18)16-5-3-4-8-20-16;;;/h3-8,11-13H,2,9-10,19H2,1H3;3*1H/t12-,13-;;;. The summed E-state index contributed by atoms with van der Waals surface area (Å²) in [5.74, 6) is 3.40. The van der Waals surface area contributed by atoms with E-state index in [-0.39, 0.29) is 43.3 Å². The zero-order chi connectivity index (χ0) is 17.2. The van der Waals surface area contributed by atoms with E-state index >= 15 is 0 Å². The molecular formula is C18H23Cl3N6O. The molecule has 0 aliphatic heterocycles. The van der Waals surface area contributed by atoms with Crippen molar-refractivity contribution in [2.24, 2.45) is 5.73 Å². The molecule has 1 fully saturated rings. The first-order valence-corrected chi connectivity index (χ1v) is 8.47. The molecule has 28 heavy (non-hydrogen) atoms. The van der Waals surface area contributed by atoms with Gasteiger partial charge in [0.15, 0.2) is 5.82 Å². The van der Waals surface area contributed by atoms with Crippen LogP contribution >= 0.6 is 37.2 Å². The first-order valence-electron chi connectivity index (χ1n) is 8.47. The Hall–Kier alpha value is -1.93. The molecule has 0 unspecified atom stereocenters. The van der Waals surface area contributed by atoms with Crippen LogP contribution in [0.1, 0.15) is 31.5 Å². The number of rotatable bonds is 5. The SMILES string of the molecule is CCOc1ccc(-c2nnc([C@H]3C[C@H](N)C3)n2-c2ccccn2)nc1.Cl.Cl.Cl. The highest BCUT2D eigenvalue weighted by Crippen LogP contribution is 2.37. The molecule has 0 atom stereocenters. The van der Waals surface area contributed by atoms with Crippen LogP contribution < -0.4 is 10.5 Å². The summed E-state index contributed by atoms with van der Waals surface area (Å²) in [5.41, 5.74) is 6.69. The second-order valence-electron chi connectivity index (χ2n) is 6.15. The molecule has 152 valence electrons. The largest absolute Gasteiger partial charge is 0.492 e. The van der Waals surface area contributed by atoms with Crippen molar-refractivity contribution < 1.29 is 4.74 Å². The Bertz CT molecular complexity index is 854. The van der Waals surface area contributed by atoms with Crippen LogP contribution in [0.3, 0.4) is 0 Å². The Kier molecular flexibility index (Phi) is 9.10. The van der Waals surface area contributed by atoms with Gasteiger partial charge in [-0.15, -0.1) is 47.4 Å². The highest BCUT2D eigenvalue weighted by Gasteiger charge is 2.33. The Morgan fingerprint density at radius 1 is 1.07 bits per heavy atom. The molecular weight excluding hydrogens is 423 g/mol. The van der Waals surface area contributed by atoms with E-state index in [9.17, 15) is 0 Å². The summed E-state index contributed by atoms with van der Waals surface area (Å²) < 4.78 is 7.45. The van der Waals surface area contributed by atoms with Gasteiger partial charge in [-0.2, -0.15) is 0 Å². The number of hydrogen-bond acceptors (Lipinski definition) is 6. The molecule has 1 saturated carbocycles. The molecule has 0 saturated heterocycles. The Morgan fingerprint density at radius 3 is 2.43 bits per heavy atom. The van der Waals surface area contributed by atoms with Gasteiger partial charge >= 0.3 is 0 Å². The minimum absolute atomic E-state index is 0. The maximum atomic E-state index is 5.96. The molecule has 3 aromatic rings. The predicted octanol–water partition coefficient (Wildman–Crippen LogP) is 3.59. The molecule has 3 heterocycles. The molecule has 4 rings (SSSR count). The fraction of sp³-hybridized carbons (Fsp3) is 0.333. The van der Waals surface area contributed by atoms with Gasteiger partial charge in [-0.25, -0.2) is 9.97 Å². The summed E-state index contributed by atoms with van der Waals surface area (Å²) in [6.07, 6.45) is 5.31. The van der Waals surface area contributed by atoms with Gasteiger partial charge in [0.05, 0.1) is 12.8 Å². The lowest BCUT2D eigenvalue weighted by Crippen LogP contribution is -2.36. The normalized spacial score (nSPS) is 17.4. The van der Waals surface area contributed by atoms with Crippen molar-refractivity contribution in [2.75, 3.05) is 6.61 Å². The smallest absolute Gasteiger partial charge is 0.188 e. The molecule has 3 aromatic heterocycles. The van der Waals surface area contributed by atoms with Crippen molar-refractivity contribution in [3.63, 3.8) is 0 Å². The predicted molar refractivity (Wildman–Crippen MR) is 115 cm³/mol. The van der Waals surface area contributed by atoms with E-state index in [2.05, 4.69) is 20.2 Å². The number of pyridine rings is 2. The minimum Gasteiger partial charge on any atom is -0.492 e. The van der Waals surface area contributed by atoms with Gasteiger partial charge in [0.1, 0.15) is 23.1 Å². The topological polar surface area (TPSA) is 91.7 Å². The Balaban J connectivity index is 0.00000131. The fourth-order valence-corrected chi connectivity index (χ4v) is 3.08. The second-order valence-corrected chi connectivity index (χ2v) is 6.15. The minimum atomic E-state index is 0. The van der Waals surface area contributed by atoms with Gasteiger partial charge in [0, 0.05) is 18.2 Å². The van der Waals surface area contributed by atoms with E-state index in [0.717, 1.165) is 35.9 Å². The highest BCUT2D eigenvalue weighted by atomic mass is 35.5. The van der Waals surface area contributed by atoms with Gasteiger partial charge in [-0.3, -0.25) is 4.57 Å². The van der Waals surface area contributed by atoms with Crippen LogP contribution in [0.25, 0.3) is 17.3 Å². The number of halogens is 3. The zero-order valence-electron chi connectivity index (χ0n) is 15.3. The van der Waals surface area contributed by atoms with Gasteiger partial charge in [0.2, 0.25) is 0 Å². The first-order chi connectivity index (χ1) is 12.3. The molecule has 7 nitrogen and oxygen atoms in total. The molecule has 0 spiro atoms. The van der Waals surface area contributed by atoms with Crippen LogP contribution in [0.2, 0.25) is 0 Å². The molecule has 2 N–H and O–H groups in total. The third kappa shape index (κ3) is 4.72. The average molecular weight is 446 g/mol. The van der Waals surface area contributed by atoms with Gasteiger partial charge in [-0.1, -0.05) is 6.07 Å². The maximum absolute atomic E-state index is 5.96. The van der Waals surface area contributed by atoms with Crippen molar-refractivity contribution in [2.45, 2.75) is 31.7 Å². The lowest BCUT2D eigenvalue weighted by Gasteiger charge is -2.31. The van der Waals surface area contributed by atoms with Crippen molar-refractivity contribution >= 4 is 37.2 Å². The summed E-state index contributed by atoms with van der Waals surface area (Å²) >= 11 is 0. The van der Waals surface area contributed by atoms with E-state index in [1.54, 1.807) is 12.4 Å². The molecule has 0 aromatic carbocycles. The molecule has 10 heteroatoms. The summed E-state index contributed by atoms with van der Waals surface area (Å²) in [4.78, 5) is 8.96. The van der Waals surface area contributed by atoms with Crippen molar-refractivity contribution in [1.29, 1.82) is 0 Å². The molecule has 0 radical (unpaired) electrons. The van der Waals surface area contributed by atoms with Gasteiger partial charge in [0.25, 0.3) is 0 Å². The summed E-state index contributed by atoms with van der Waals surface area (Å²) in [6.45, 7) is 2.55. The first kappa shape index (κ1) is 24.1. The summed E-state index contributed by atoms with van der Waals surface area (Å²) in [6, 6.07) is 9.82. The zero-order valence-corrected chi connectivity index (χ0v) is 17.7. The van der Waals surface area contributed by atoms with Crippen molar-refractivity contribution in [3.8, 4) is 23.1 Å². The van der Waals surface area contributed by atoms with Crippen LogP contribution in [0.5, 0.6) is 5.75 Å². The average Bonchev–Trinajstić information content (AvgIpc) is 3.05. The number of aromatic nitrogens is 5. The van der Waals surface area contributed by atoms with Crippen molar-refractivity contribution in [3.05, 3.63) is 48.5 Å². The van der Waals surface area contributed by atoms with E-state index < -0.39 is 0 Å². The van der Waals surface area contributed by atoms with E-state index in [1.807, 2.05) is 41.8 Å². The lowest BCUT2D eigenvalue weighted by atomic mass is 9.80. The van der Waals surface area contributed by atoms with Crippen LogP contribution in [0, 0.1) is 0 Å². The van der Waals surface area contributed by atoms with Crippen LogP contribution in [-0.2, 0) is 0 Å². The maximum Gasteiger partial charge on any atom is 0.188 e. The third-order valence-corrected chi connectivity index (χ3v) is 4.38. The van der Waals surface area contributed by atoms with Crippen LogP contribution in [0.4, 0.5) is 0 Å². The van der Waals surface area contributed by atoms with Crippen LogP contribution in [-0.4, -0.2) is 37.4 Å². The molecule has 0 bridgehead atoms. The molecule has 1 aliphatic rings. The van der Waals surface area contributed by atoms with Crippen LogP contribution in [0.15, 0.2) is 42.7 Å². The molecule has 1 aliphatic carbocycles. The third-order valence-electron chi connectivity index (χ3n) is 4.38. The van der Waals surface area contributed by atoms with Crippen molar-refractivity contribution in [1.82, 2.24) is 24.7 Å². The monoisotopic (exact) mass is 444 g/mol. The van der Waals surface area contributed by atoms with E-state index in [0.29, 0.717) is 18.3 Å². The number of ether oxygens (including phenoxy) is 1. The second kappa shape index (κ2) is 10.6. The van der Waals surface area contributed by atoms with E-state index in [1.165, 1.54) is 0 Å². The highest BCUT2D eigenvalue weighted by molar-refractivity contribution is 5.86. The lowest BCUT2D eigenvalue weighted by molar-refractivity contribution is 0.334.